The Labute approximate surface area is 200 Å². The molecule has 0 unspecified atom stereocenters. The molecular formula is C24H40ClN3O3S. The van der Waals surface area contributed by atoms with Crippen LogP contribution in [-0.2, 0) is 14.9 Å². The number of benzene rings is 1. The first-order valence-corrected chi connectivity index (χ1v) is 13.6. The number of halogens is 1. The number of likely N-dealkylation sites (N-methyl/N-ethyl adjacent to an activating group) is 1. The highest BCUT2D eigenvalue weighted by atomic mass is 35.5. The van der Waals surface area contributed by atoms with Crippen molar-refractivity contribution >= 4 is 27.5 Å². The number of nitrogens with zero attached hydrogens (tertiary/aromatic N) is 2. The van der Waals surface area contributed by atoms with Gasteiger partial charge in [0.1, 0.15) is 0 Å². The molecule has 1 fully saturated rings. The summed E-state index contributed by atoms with van der Waals surface area (Å²) in [5, 5.41) is 0.576. The fourth-order valence-corrected chi connectivity index (χ4v) is 5.39. The van der Waals surface area contributed by atoms with Gasteiger partial charge in [-0.2, -0.15) is 12.7 Å². The van der Waals surface area contributed by atoms with Crippen molar-refractivity contribution in [3.63, 3.8) is 0 Å². The van der Waals surface area contributed by atoms with Gasteiger partial charge in [-0.05, 0) is 76.4 Å². The van der Waals surface area contributed by atoms with Gasteiger partial charge in [0.15, 0.2) is 0 Å². The minimum Gasteiger partial charge on any atom is -0.378 e. The molecule has 0 saturated heterocycles. The molecule has 1 aliphatic carbocycles. The first-order chi connectivity index (χ1) is 15.3. The lowest BCUT2D eigenvalue weighted by Gasteiger charge is -2.34. The Morgan fingerprint density at radius 2 is 1.69 bits per heavy atom. The summed E-state index contributed by atoms with van der Waals surface area (Å²) in [5.74, 6) is 0. The molecule has 2 rings (SSSR count). The summed E-state index contributed by atoms with van der Waals surface area (Å²) in [6.07, 6.45) is 11.7. The number of ether oxygens (including phenoxy) is 1. The Bertz CT molecular complexity index is 765. The van der Waals surface area contributed by atoms with Crippen LogP contribution in [-0.4, -0.2) is 63.6 Å². The van der Waals surface area contributed by atoms with Crippen molar-refractivity contribution in [2.24, 2.45) is 0 Å². The first-order valence-electron chi connectivity index (χ1n) is 11.7. The van der Waals surface area contributed by atoms with E-state index in [1.54, 1.807) is 31.3 Å². The van der Waals surface area contributed by atoms with Crippen LogP contribution in [0.1, 0.15) is 57.8 Å². The van der Waals surface area contributed by atoms with Gasteiger partial charge in [0, 0.05) is 37.0 Å². The quantitative estimate of drug-likeness (QED) is 0.269. The predicted octanol–water partition coefficient (Wildman–Crippen LogP) is 5.32. The van der Waals surface area contributed by atoms with Gasteiger partial charge in [0.2, 0.25) is 0 Å². The van der Waals surface area contributed by atoms with Gasteiger partial charge in [0.25, 0.3) is 0 Å². The van der Waals surface area contributed by atoms with Crippen molar-refractivity contribution in [2.45, 2.75) is 69.9 Å². The highest BCUT2D eigenvalue weighted by molar-refractivity contribution is 7.90. The third-order valence-electron chi connectivity index (χ3n) is 6.11. The maximum absolute atomic E-state index is 12.7. The maximum Gasteiger partial charge on any atom is 0.301 e. The third-order valence-corrected chi connectivity index (χ3v) is 7.91. The Morgan fingerprint density at radius 3 is 2.34 bits per heavy atom. The summed E-state index contributed by atoms with van der Waals surface area (Å²) < 4.78 is 35.6. The molecule has 32 heavy (non-hydrogen) atoms. The second-order valence-electron chi connectivity index (χ2n) is 8.75. The van der Waals surface area contributed by atoms with E-state index in [1.165, 1.54) is 30.0 Å². The van der Waals surface area contributed by atoms with Crippen LogP contribution in [0, 0.1) is 0 Å². The van der Waals surface area contributed by atoms with E-state index in [0.717, 1.165) is 51.8 Å². The molecule has 8 heteroatoms. The molecule has 0 radical (unpaired) electrons. The molecular weight excluding hydrogens is 446 g/mol. The predicted molar refractivity (Wildman–Crippen MR) is 135 cm³/mol. The zero-order chi connectivity index (χ0) is 23.4. The molecule has 6 nitrogen and oxygen atoms in total. The Balaban J connectivity index is 1.58. The number of anilines is 1. The lowest BCUT2D eigenvalue weighted by atomic mass is 9.93. The summed E-state index contributed by atoms with van der Waals surface area (Å²) in [5.41, 5.74) is 0.516. The van der Waals surface area contributed by atoms with E-state index in [4.69, 9.17) is 16.3 Å². The molecule has 1 aromatic carbocycles. The molecule has 1 aromatic rings. The van der Waals surface area contributed by atoms with Gasteiger partial charge in [-0.3, -0.25) is 4.72 Å². The summed E-state index contributed by atoms with van der Waals surface area (Å²) in [7, 11) is 0.192. The molecule has 1 aliphatic rings. The number of hydrogen-bond donors (Lipinski definition) is 1. The molecule has 0 aliphatic heterocycles. The third kappa shape index (κ3) is 9.79. The van der Waals surface area contributed by atoms with Crippen LogP contribution in [0.3, 0.4) is 0 Å². The SMILES string of the molecule is C=CCN(C)CCCCCCCOC1CCC(N(C)S(=O)(=O)Nc2ccc(Cl)cc2)CC1. The van der Waals surface area contributed by atoms with Gasteiger partial charge >= 0.3 is 10.2 Å². The van der Waals surface area contributed by atoms with Crippen LogP contribution in [0.5, 0.6) is 0 Å². The van der Waals surface area contributed by atoms with E-state index in [1.807, 2.05) is 6.08 Å². The average Bonchev–Trinajstić information content (AvgIpc) is 2.77. The fraction of sp³-hybridized carbons (Fsp3) is 0.667. The van der Waals surface area contributed by atoms with Crippen LogP contribution in [0.25, 0.3) is 0 Å². The summed E-state index contributed by atoms with van der Waals surface area (Å²) in [4.78, 5) is 2.29. The van der Waals surface area contributed by atoms with Gasteiger partial charge in [-0.25, -0.2) is 0 Å². The van der Waals surface area contributed by atoms with Gasteiger partial charge < -0.3 is 9.64 Å². The molecule has 182 valence electrons. The highest BCUT2D eigenvalue weighted by Gasteiger charge is 2.30. The Morgan fingerprint density at radius 1 is 1.06 bits per heavy atom. The molecule has 1 saturated carbocycles. The molecule has 0 amide bonds. The van der Waals surface area contributed by atoms with E-state index in [0.29, 0.717) is 10.7 Å². The molecule has 0 atom stereocenters. The van der Waals surface area contributed by atoms with E-state index in [9.17, 15) is 8.42 Å². The molecule has 0 bridgehead atoms. The number of rotatable bonds is 15. The topological polar surface area (TPSA) is 61.9 Å². The van der Waals surface area contributed by atoms with Crippen molar-refractivity contribution in [1.82, 2.24) is 9.21 Å². The minimum atomic E-state index is -3.59. The van der Waals surface area contributed by atoms with Gasteiger partial charge in [-0.15, -0.1) is 6.58 Å². The summed E-state index contributed by atoms with van der Waals surface area (Å²) >= 11 is 5.87. The second kappa shape index (κ2) is 14.2. The van der Waals surface area contributed by atoms with Crippen molar-refractivity contribution in [2.75, 3.05) is 38.5 Å². The van der Waals surface area contributed by atoms with Gasteiger partial charge in [0.05, 0.1) is 6.10 Å². The minimum absolute atomic E-state index is 0.00105. The van der Waals surface area contributed by atoms with E-state index in [2.05, 4.69) is 23.2 Å². The number of hydrogen-bond acceptors (Lipinski definition) is 4. The van der Waals surface area contributed by atoms with Crippen molar-refractivity contribution < 1.29 is 13.2 Å². The van der Waals surface area contributed by atoms with Crippen LogP contribution in [0.4, 0.5) is 5.69 Å². The summed E-state index contributed by atoms with van der Waals surface area (Å²) in [6.45, 7) is 6.66. The zero-order valence-corrected chi connectivity index (χ0v) is 21.2. The smallest absolute Gasteiger partial charge is 0.301 e. The number of nitrogens with one attached hydrogen (secondary N) is 1. The van der Waals surface area contributed by atoms with E-state index in [-0.39, 0.29) is 12.1 Å². The Kier molecular flexibility index (Phi) is 12.0. The molecule has 0 heterocycles. The normalized spacial score (nSPS) is 19.4. The van der Waals surface area contributed by atoms with Gasteiger partial charge in [-0.1, -0.05) is 36.9 Å². The average molecular weight is 486 g/mol. The van der Waals surface area contributed by atoms with Crippen LogP contribution < -0.4 is 4.72 Å². The summed E-state index contributed by atoms with van der Waals surface area (Å²) in [6, 6.07) is 6.68. The molecule has 1 N–H and O–H groups in total. The second-order valence-corrected chi connectivity index (χ2v) is 10.9. The van der Waals surface area contributed by atoms with Crippen molar-refractivity contribution in [3.05, 3.63) is 41.9 Å². The number of unbranched alkanes of at least 4 members (excludes halogenated alkanes) is 4. The van der Waals surface area contributed by atoms with Crippen LogP contribution in [0.15, 0.2) is 36.9 Å². The van der Waals surface area contributed by atoms with Crippen LogP contribution >= 0.6 is 11.6 Å². The van der Waals surface area contributed by atoms with E-state index >= 15 is 0 Å². The monoisotopic (exact) mass is 485 g/mol. The Hall–Kier alpha value is -1.12. The first kappa shape index (κ1) is 27.1. The van der Waals surface area contributed by atoms with E-state index < -0.39 is 10.2 Å². The van der Waals surface area contributed by atoms with Crippen LogP contribution in [0.2, 0.25) is 5.02 Å². The zero-order valence-electron chi connectivity index (χ0n) is 19.6. The lowest BCUT2D eigenvalue weighted by Crippen LogP contribution is -2.43. The maximum atomic E-state index is 12.7. The largest absolute Gasteiger partial charge is 0.378 e. The highest BCUT2D eigenvalue weighted by Crippen LogP contribution is 2.27. The van der Waals surface area contributed by atoms with Crippen molar-refractivity contribution in [3.8, 4) is 0 Å². The fourth-order valence-electron chi connectivity index (χ4n) is 4.09. The standard InChI is InChI=1S/C24H40ClN3O3S/c1-4-18-27(2)19-8-6-5-7-9-20-31-24-16-14-23(15-17-24)28(3)32(29,30)26-22-12-10-21(25)11-13-22/h4,10-13,23-24,26H,1,5-9,14-20H2,2-3H3. The lowest BCUT2D eigenvalue weighted by molar-refractivity contribution is 0.0157. The molecule has 0 spiro atoms. The molecule has 0 aromatic heterocycles. The van der Waals surface area contributed by atoms with Crippen molar-refractivity contribution in [1.29, 1.82) is 0 Å².